The van der Waals surface area contributed by atoms with Crippen molar-refractivity contribution >= 4 is 17.5 Å². The predicted molar refractivity (Wildman–Crippen MR) is 110 cm³/mol. The summed E-state index contributed by atoms with van der Waals surface area (Å²) in [5.41, 5.74) is 2.81. The molecule has 2 N–H and O–H groups in total. The van der Waals surface area contributed by atoms with Crippen molar-refractivity contribution in [2.75, 3.05) is 11.9 Å². The Morgan fingerprint density at radius 2 is 1.72 bits per heavy atom. The van der Waals surface area contributed by atoms with E-state index in [2.05, 4.69) is 27.8 Å². The first kappa shape index (κ1) is 19.8. The van der Waals surface area contributed by atoms with Crippen molar-refractivity contribution in [1.29, 1.82) is 5.26 Å². The van der Waals surface area contributed by atoms with Gasteiger partial charge in [0.15, 0.2) is 0 Å². The van der Waals surface area contributed by atoms with E-state index < -0.39 is 5.91 Å². The molecule has 1 heterocycles. The highest BCUT2D eigenvalue weighted by molar-refractivity contribution is 6.04. The Kier molecular flexibility index (Phi) is 6.69. The number of carbonyl (C=O) groups excluding carboxylic acids is 2. The van der Waals surface area contributed by atoms with Gasteiger partial charge < -0.3 is 10.6 Å². The van der Waals surface area contributed by atoms with Gasteiger partial charge in [-0.05, 0) is 54.8 Å². The molecule has 6 nitrogen and oxygen atoms in total. The van der Waals surface area contributed by atoms with Gasteiger partial charge in [-0.25, -0.2) is 0 Å². The van der Waals surface area contributed by atoms with Gasteiger partial charge in [-0.15, -0.1) is 0 Å². The van der Waals surface area contributed by atoms with Crippen LogP contribution >= 0.6 is 0 Å². The van der Waals surface area contributed by atoms with Crippen LogP contribution in [0.4, 0.5) is 5.69 Å². The molecular weight excluding hydrogens is 364 g/mol. The number of aromatic nitrogens is 1. The van der Waals surface area contributed by atoms with Gasteiger partial charge in [-0.3, -0.25) is 14.6 Å². The number of nitriles is 1. The number of carbonyl (C=O) groups is 2. The SMILES string of the molecule is N#Cc1ccc(NC(=O)c2cc(C(=O)NCCCc3ccccc3)ccn2)cc1. The number of pyridine rings is 1. The van der Waals surface area contributed by atoms with E-state index in [0.29, 0.717) is 23.4 Å². The lowest BCUT2D eigenvalue weighted by atomic mass is 10.1. The Morgan fingerprint density at radius 1 is 0.966 bits per heavy atom. The van der Waals surface area contributed by atoms with Crippen molar-refractivity contribution in [3.63, 3.8) is 0 Å². The molecule has 0 bridgehead atoms. The molecule has 0 unspecified atom stereocenters. The minimum absolute atomic E-state index is 0.145. The number of nitrogens with zero attached hydrogens (tertiary/aromatic N) is 2. The number of anilines is 1. The van der Waals surface area contributed by atoms with Gasteiger partial charge in [-0.1, -0.05) is 30.3 Å². The number of hydrogen-bond acceptors (Lipinski definition) is 4. The summed E-state index contributed by atoms with van der Waals surface area (Å²) in [6.07, 6.45) is 3.15. The quantitative estimate of drug-likeness (QED) is 0.609. The molecule has 29 heavy (non-hydrogen) atoms. The molecule has 0 aliphatic carbocycles. The molecule has 144 valence electrons. The van der Waals surface area contributed by atoms with Crippen molar-refractivity contribution in [2.45, 2.75) is 12.8 Å². The second kappa shape index (κ2) is 9.81. The maximum atomic E-state index is 12.4. The van der Waals surface area contributed by atoms with Crippen LogP contribution in [0, 0.1) is 11.3 Å². The van der Waals surface area contributed by atoms with E-state index >= 15 is 0 Å². The summed E-state index contributed by atoms with van der Waals surface area (Å²) in [6, 6.07) is 21.6. The molecule has 0 fully saturated rings. The van der Waals surface area contributed by atoms with Crippen LogP contribution in [0.5, 0.6) is 0 Å². The maximum Gasteiger partial charge on any atom is 0.274 e. The number of amides is 2. The van der Waals surface area contributed by atoms with E-state index in [9.17, 15) is 9.59 Å². The molecular formula is C23H20N4O2. The summed E-state index contributed by atoms with van der Waals surface area (Å²) in [7, 11) is 0. The van der Waals surface area contributed by atoms with Crippen LogP contribution in [0.3, 0.4) is 0 Å². The maximum absolute atomic E-state index is 12.4. The highest BCUT2D eigenvalue weighted by Gasteiger charge is 2.12. The molecule has 1 aromatic heterocycles. The zero-order valence-corrected chi connectivity index (χ0v) is 15.8. The highest BCUT2D eigenvalue weighted by atomic mass is 16.2. The summed E-state index contributed by atoms with van der Waals surface area (Å²) in [6.45, 7) is 0.544. The molecule has 0 saturated carbocycles. The summed E-state index contributed by atoms with van der Waals surface area (Å²) in [5, 5.41) is 14.4. The molecule has 2 aromatic carbocycles. The lowest BCUT2D eigenvalue weighted by Crippen LogP contribution is -2.25. The van der Waals surface area contributed by atoms with Crippen LogP contribution in [-0.4, -0.2) is 23.3 Å². The Labute approximate surface area is 169 Å². The number of benzene rings is 2. The molecule has 0 aliphatic heterocycles. The van der Waals surface area contributed by atoms with Crippen LogP contribution in [0.2, 0.25) is 0 Å². The van der Waals surface area contributed by atoms with Crippen LogP contribution < -0.4 is 10.6 Å². The van der Waals surface area contributed by atoms with E-state index in [1.54, 1.807) is 30.3 Å². The Balaban J connectivity index is 1.54. The molecule has 6 heteroatoms. The summed E-state index contributed by atoms with van der Waals surface area (Å²) in [5.74, 6) is -0.665. The normalized spacial score (nSPS) is 10.0. The number of rotatable bonds is 7. The van der Waals surface area contributed by atoms with E-state index in [4.69, 9.17) is 5.26 Å². The van der Waals surface area contributed by atoms with E-state index in [1.165, 1.54) is 17.8 Å². The smallest absolute Gasteiger partial charge is 0.274 e. The fourth-order valence-electron chi connectivity index (χ4n) is 2.76. The van der Waals surface area contributed by atoms with Gasteiger partial charge in [-0.2, -0.15) is 5.26 Å². The lowest BCUT2D eigenvalue weighted by Gasteiger charge is -2.08. The zero-order valence-electron chi connectivity index (χ0n) is 15.8. The van der Waals surface area contributed by atoms with Gasteiger partial charge in [0.2, 0.25) is 0 Å². The van der Waals surface area contributed by atoms with Crippen LogP contribution in [0.25, 0.3) is 0 Å². The van der Waals surface area contributed by atoms with Crippen molar-refractivity contribution in [3.05, 3.63) is 95.3 Å². The third-order valence-electron chi connectivity index (χ3n) is 4.30. The molecule has 3 rings (SSSR count). The van der Waals surface area contributed by atoms with Crippen molar-refractivity contribution < 1.29 is 9.59 Å². The van der Waals surface area contributed by atoms with Crippen molar-refractivity contribution in [3.8, 4) is 6.07 Å². The topological polar surface area (TPSA) is 94.9 Å². The highest BCUT2D eigenvalue weighted by Crippen LogP contribution is 2.11. The van der Waals surface area contributed by atoms with E-state index in [-0.39, 0.29) is 11.6 Å². The predicted octanol–water partition coefficient (Wildman–Crippen LogP) is 3.57. The van der Waals surface area contributed by atoms with Gasteiger partial charge in [0.05, 0.1) is 11.6 Å². The first-order valence-electron chi connectivity index (χ1n) is 9.25. The third kappa shape index (κ3) is 5.75. The van der Waals surface area contributed by atoms with E-state index in [1.807, 2.05) is 24.3 Å². The van der Waals surface area contributed by atoms with Gasteiger partial charge in [0.1, 0.15) is 5.69 Å². The second-order valence-corrected chi connectivity index (χ2v) is 6.42. The molecule has 0 atom stereocenters. The first-order valence-corrected chi connectivity index (χ1v) is 9.25. The summed E-state index contributed by atoms with van der Waals surface area (Å²) in [4.78, 5) is 28.8. The average molecular weight is 384 g/mol. The molecule has 2 amide bonds. The number of nitrogens with one attached hydrogen (secondary N) is 2. The molecule has 3 aromatic rings. The molecule has 0 spiro atoms. The summed E-state index contributed by atoms with van der Waals surface area (Å²) < 4.78 is 0. The first-order chi connectivity index (χ1) is 14.2. The van der Waals surface area contributed by atoms with Crippen molar-refractivity contribution in [2.24, 2.45) is 0 Å². The van der Waals surface area contributed by atoms with E-state index in [0.717, 1.165) is 12.8 Å². The molecule has 0 radical (unpaired) electrons. The number of hydrogen-bond donors (Lipinski definition) is 2. The Bertz CT molecular complexity index is 1020. The fourth-order valence-corrected chi connectivity index (χ4v) is 2.76. The number of aryl methyl sites for hydroxylation is 1. The minimum atomic E-state index is -0.423. The van der Waals surface area contributed by atoms with Gasteiger partial charge >= 0.3 is 0 Å². The van der Waals surface area contributed by atoms with Gasteiger partial charge in [0, 0.05) is 24.0 Å². The second-order valence-electron chi connectivity index (χ2n) is 6.42. The third-order valence-corrected chi connectivity index (χ3v) is 4.30. The largest absolute Gasteiger partial charge is 0.352 e. The molecule has 0 saturated heterocycles. The van der Waals surface area contributed by atoms with Crippen LogP contribution in [0.15, 0.2) is 72.9 Å². The standard InChI is InChI=1S/C23H20N4O2/c24-16-18-8-10-20(11-9-18)27-23(29)21-15-19(12-14-25-21)22(28)26-13-4-7-17-5-2-1-3-6-17/h1-3,5-6,8-12,14-15H,4,7,13H2,(H,26,28)(H,27,29). The van der Waals surface area contributed by atoms with Crippen LogP contribution in [-0.2, 0) is 6.42 Å². The monoisotopic (exact) mass is 384 g/mol. The van der Waals surface area contributed by atoms with Crippen LogP contribution in [0.1, 0.15) is 38.4 Å². The Morgan fingerprint density at radius 3 is 2.45 bits per heavy atom. The minimum Gasteiger partial charge on any atom is -0.352 e. The summed E-state index contributed by atoms with van der Waals surface area (Å²) >= 11 is 0. The fraction of sp³-hybridized carbons (Fsp3) is 0.130. The van der Waals surface area contributed by atoms with Gasteiger partial charge in [0.25, 0.3) is 11.8 Å². The molecule has 0 aliphatic rings. The average Bonchev–Trinajstić information content (AvgIpc) is 2.78. The zero-order chi connectivity index (χ0) is 20.5. The van der Waals surface area contributed by atoms with Crippen molar-refractivity contribution in [1.82, 2.24) is 10.3 Å². The Hall–Kier alpha value is -3.98. The lowest BCUT2D eigenvalue weighted by molar-refractivity contribution is 0.0953.